The van der Waals surface area contributed by atoms with Crippen molar-refractivity contribution in [3.05, 3.63) is 72.9 Å². The van der Waals surface area contributed by atoms with Crippen molar-refractivity contribution < 1.29 is 21.4 Å². The molecule has 0 saturated carbocycles. The predicted molar refractivity (Wildman–Crippen MR) is 108 cm³/mol. The summed E-state index contributed by atoms with van der Waals surface area (Å²) in [4.78, 5) is 0. The zero-order chi connectivity index (χ0) is 17.8. The van der Waals surface area contributed by atoms with E-state index in [0.29, 0.717) is 9.51 Å². The summed E-state index contributed by atoms with van der Waals surface area (Å²) in [6, 6.07) is 0. The van der Waals surface area contributed by atoms with Crippen LogP contribution in [0, 0.1) is 0 Å². The molecule has 0 aromatic heterocycles. The van der Waals surface area contributed by atoms with Crippen molar-refractivity contribution in [3.63, 3.8) is 0 Å². The van der Waals surface area contributed by atoms with Gasteiger partial charge < -0.3 is 0 Å². The van der Waals surface area contributed by atoms with Crippen molar-refractivity contribution >= 4 is 0 Å². The number of allylic oxidation sites excluding steroid dienone is 12. The first-order valence-corrected chi connectivity index (χ1v) is 13.0. The second-order valence-electron chi connectivity index (χ2n) is 8.17. The molecular weight excluding hydrogens is 333 g/mol. The Kier molecular flexibility index (Phi) is 6.03. The van der Waals surface area contributed by atoms with Crippen LogP contribution in [0.1, 0.15) is 59.3 Å². The third-order valence-electron chi connectivity index (χ3n) is 6.43. The van der Waals surface area contributed by atoms with Gasteiger partial charge in [-0.1, -0.05) is 0 Å². The Bertz CT molecular complexity index is 515. The Morgan fingerprint density at radius 3 is 0.920 bits per heavy atom. The number of hydrogen-bond donors (Lipinski definition) is 0. The average Bonchev–Trinajstić information content (AvgIpc) is 3.32. The molecule has 0 fully saturated rings. The van der Waals surface area contributed by atoms with Crippen molar-refractivity contribution in [2.45, 2.75) is 68.8 Å². The topological polar surface area (TPSA) is 0 Å². The summed E-state index contributed by atoms with van der Waals surface area (Å²) in [5.41, 5.74) is 0. The molecule has 0 bridgehead atoms. The third kappa shape index (κ3) is 3.34. The Morgan fingerprint density at radius 1 is 0.480 bits per heavy atom. The van der Waals surface area contributed by atoms with Gasteiger partial charge in [0.05, 0.1) is 0 Å². The van der Waals surface area contributed by atoms with Gasteiger partial charge in [0.25, 0.3) is 0 Å². The summed E-state index contributed by atoms with van der Waals surface area (Å²) < 4.78 is 1.01. The van der Waals surface area contributed by atoms with E-state index in [1.807, 2.05) is 0 Å². The monoisotopic (exact) mass is 366 g/mol. The summed E-state index contributed by atoms with van der Waals surface area (Å²) in [5, 5.41) is 0. The first kappa shape index (κ1) is 19.1. The second kappa shape index (κ2) is 7.91. The van der Waals surface area contributed by atoms with Crippen molar-refractivity contribution in [1.82, 2.24) is 0 Å². The van der Waals surface area contributed by atoms with Gasteiger partial charge in [-0.2, -0.15) is 0 Å². The number of hydrogen-bond acceptors (Lipinski definition) is 0. The van der Waals surface area contributed by atoms with Gasteiger partial charge >= 0.3 is 163 Å². The summed E-state index contributed by atoms with van der Waals surface area (Å²) in [5.74, 6) is 0. The van der Waals surface area contributed by atoms with E-state index in [1.54, 1.807) is 0 Å². The van der Waals surface area contributed by atoms with Crippen LogP contribution in [0.3, 0.4) is 0 Å². The van der Waals surface area contributed by atoms with Crippen molar-refractivity contribution in [2.24, 2.45) is 0 Å². The maximum atomic E-state index is 2.59. The Hall–Kier alpha value is -0.690. The molecule has 0 amide bonds. The van der Waals surface area contributed by atoms with E-state index in [1.165, 1.54) is 38.5 Å². The van der Waals surface area contributed by atoms with Crippen LogP contribution in [-0.4, -0.2) is 0 Å². The van der Waals surface area contributed by atoms with Crippen LogP contribution in [0.15, 0.2) is 72.9 Å². The van der Waals surface area contributed by atoms with E-state index >= 15 is 0 Å². The molecule has 0 saturated heterocycles. The molecule has 3 aliphatic carbocycles. The second-order valence-corrected chi connectivity index (χ2v) is 14.6. The zero-order valence-electron chi connectivity index (χ0n) is 16.2. The van der Waals surface area contributed by atoms with Gasteiger partial charge in [-0.15, -0.1) is 0 Å². The van der Waals surface area contributed by atoms with E-state index in [2.05, 4.69) is 93.7 Å². The van der Waals surface area contributed by atoms with E-state index < -0.39 is 21.4 Å². The molecule has 0 aromatic rings. The van der Waals surface area contributed by atoms with Crippen LogP contribution in [0.4, 0.5) is 0 Å². The SMILES string of the molecule is CCC[C]1([Sc]([C]2(CCC)C=CC=C2)[C]2(CCC)C=CC=C2)C=CC=C1. The Balaban J connectivity index is 2.18. The first-order valence-electron chi connectivity index (χ1n) is 10.3. The van der Waals surface area contributed by atoms with Crippen molar-refractivity contribution in [1.29, 1.82) is 0 Å². The van der Waals surface area contributed by atoms with Crippen LogP contribution in [0.5, 0.6) is 0 Å². The van der Waals surface area contributed by atoms with E-state index in [0.717, 1.165) is 0 Å². The number of rotatable bonds is 9. The molecule has 3 aliphatic rings. The molecule has 0 nitrogen and oxygen atoms in total. The van der Waals surface area contributed by atoms with E-state index in [4.69, 9.17) is 0 Å². The summed E-state index contributed by atoms with van der Waals surface area (Å²) in [7, 11) is 0. The minimum absolute atomic E-state index is 0.337. The first-order chi connectivity index (χ1) is 12.2. The maximum absolute atomic E-state index is 2.59. The summed E-state index contributed by atoms with van der Waals surface area (Å²) in [6.45, 7) is 7.09. The van der Waals surface area contributed by atoms with Crippen molar-refractivity contribution in [2.75, 3.05) is 0 Å². The molecule has 0 unspecified atom stereocenters. The van der Waals surface area contributed by atoms with Gasteiger partial charge in [-0.25, -0.2) is 0 Å². The summed E-state index contributed by atoms with van der Waals surface area (Å²) >= 11 is -2.04. The molecule has 0 N–H and O–H groups in total. The van der Waals surface area contributed by atoms with Crippen LogP contribution >= 0.6 is 0 Å². The van der Waals surface area contributed by atoms with Gasteiger partial charge in [-0.3, -0.25) is 0 Å². The minimum atomic E-state index is -2.04. The molecule has 3 rings (SSSR count). The van der Waals surface area contributed by atoms with Gasteiger partial charge in [0, 0.05) is 0 Å². The zero-order valence-corrected chi connectivity index (χ0v) is 18.1. The molecule has 25 heavy (non-hydrogen) atoms. The van der Waals surface area contributed by atoms with Crippen LogP contribution < -0.4 is 0 Å². The fourth-order valence-electron chi connectivity index (χ4n) is 5.89. The quantitative estimate of drug-likeness (QED) is 0.389. The molecule has 0 radical (unpaired) electrons. The van der Waals surface area contributed by atoms with Gasteiger partial charge in [0.15, 0.2) is 0 Å². The van der Waals surface area contributed by atoms with Gasteiger partial charge in [0.1, 0.15) is 0 Å². The Morgan fingerprint density at radius 2 is 0.720 bits per heavy atom. The molecule has 1 heteroatoms. The predicted octanol–water partition coefficient (Wildman–Crippen LogP) is 7.86. The molecular formula is C24H33Sc. The fraction of sp³-hybridized carbons (Fsp3) is 0.500. The van der Waals surface area contributed by atoms with E-state index in [-0.39, 0.29) is 0 Å². The summed E-state index contributed by atoms with van der Waals surface area (Å²) in [6.07, 6.45) is 37.3. The van der Waals surface area contributed by atoms with Crippen LogP contribution in [0.2, 0.25) is 9.51 Å². The normalized spacial score (nSPS) is 23.2. The fourth-order valence-corrected chi connectivity index (χ4v) is 16.1. The van der Waals surface area contributed by atoms with Crippen LogP contribution in [-0.2, 0) is 21.4 Å². The third-order valence-corrected chi connectivity index (χ3v) is 14.6. The van der Waals surface area contributed by atoms with Crippen LogP contribution in [0.25, 0.3) is 0 Å². The van der Waals surface area contributed by atoms with Crippen molar-refractivity contribution in [3.8, 4) is 0 Å². The molecule has 0 spiro atoms. The molecule has 0 atom stereocenters. The van der Waals surface area contributed by atoms with Gasteiger partial charge in [0.2, 0.25) is 0 Å². The molecule has 0 aliphatic heterocycles. The van der Waals surface area contributed by atoms with E-state index in [9.17, 15) is 0 Å². The Labute approximate surface area is 162 Å². The average molecular weight is 366 g/mol. The molecule has 0 aromatic carbocycles. The molecule has 132 valence electrons. The molecule has 0 heterocycles. The van der Waals surface area contributed by atoms with Gasteiger partial charge in [-0.05, 0) is 0 Å². The standard InChI is InChI=1S/3C8H11.Sc/c3*1-2-5-8-6-3-4-7-8;/h3*3-4,6-7H,2,5H2,1H3;.